The molecule has 1 aliphatic heterocycles. The summed E-state index contributed by atoms with van der Waals surface area (Å²) in [7, 11) is 0. The zero-order valence-corrected chi connectivity index (χ0v) is 11.3. The summed E-state index contributed by atoms with van der Waals surface area (Å²) >= 11 is 0. The lowest BCUT2D eigenvalue weighted by Gasteiger charge is -2.11. The topological polar surface area (TPSA) is 73.3 Å². The average molecular weight is 265 g/mol. The quantitative estimate of drug-likeness (QED) is 0.851. The Bertz CT molecular complexity index is 445. The molecule has 1 aliphatic rings. The molecule has 1 aromatic rings. The molecule has 2 rings (SSSR count). The summed E-state index contributed by atoms with van der Waals surface area (Å²) in [6.07, 6.45) is 2.21. The Labute approximate surface area is 112 Å². The first-order valence-corrected chi connectivity index (χ1v) is 6.47. The number of nitrogens with zero attached hydrogens (tertiary/aromatic N) is 2. The number of carbonyl (C=O) groups excluding carboxylic acids is 1. The molecule has 1 N–H and O–H groups in total. The molecule has 0 aliphatic carbocycles. The number of ether oxygens (including phenoxy) is 2. The SMILES string of the molecule is Cc1cc(OCC(=O)NC[C@@H]2CCCO2)nnc1C. The number of amides is 1. The second-order valence-corrected chi connectivity index (χ2v) is 4.68. The van der Waals surface area contributed by atoms with Crippen molar-refractivity contribution in [3.63, 3.8) is 0 Å². The van der Waals surface area contributed by atoms with Crippen molar-refractivity contribution in [1.82, 2.24) is 15.5 Å². The zero-order valence-electron chi connectivity index (χ0n) is 11.3. The van der Waals surface area contributed by atoms with E-state index in [1.54, 1.807) is 6.07 Å². The number of rotatable bonds is 5. The van der Waals surface area contributed by atoms with Gasteiger partial charge in [-0.05, 0) is 32.3 Å². The van der Waals surface area contributed by atoms with Gasteiger partial charge in [-0.1, -0.05) is 0 Å². The van der Waals surface area contributed by atoms with Crippen LogP contribution in [0.1, 0.15) is 24.1 Å². The fraction of sp³-hybridized carbons (Fsp3) is 0.615. The summed E-state index contributed by atoms with van der Waals surface area (Å²) < 4.78 is 10.7. The van der Waals surface area contributed by atoms with E-state index in [0.29, 0.717) is 12.4 Å². The van der Waals surface area contributed by atoms with E-state index in [2.05, 4.69) is 15.5 Å². The van der Waals surface area contributed by atoms with Gasteiger partial charge < -0.3 is 14.8 Å². The van der Waals surface area contributed by atoms with Crippen LogP contribution in [0.5, 0.6) is 5.88 Å². The Morgan fingerprint density at radius 3 is 3.05 bits per heavy atom. The summed E-state index contributed by atoms with van der Waals surface area (Å²) in [5.41, 5.74) is 1.85. The van der Waals surface area contributed by atoms with E-state index >= 15 is 0 Å². The van der Waals surface area contributed by atoms with Crippen LogP contribution in [0.2, 0.25) is 0 Å². The second kappa shape index (κ2) is 6.47. The second-order valence-electron chi connectivity index (χ2n) is 4.68. The van der Waals surface area contributed by atoms with Crippen LogP contribution in [0.3, 0.4) is 0 Å². The fourth-order valence-electron chi connectivity index (χ4n) is 1.82. The summed E-state index contributed by atoms with van der Waals surface area (Å²) in [4.78, 5) is 11.6. The van der Waals surface area contributed by atoms with E-state index in [1.807, 2.05) is 13.8 Å². The Morgan fingerprint density at radius 2 is 2.37 bits per heavy atom. The third kappa shape index (κ3) is 4.17. The first-order chi connectivity index (χ1) is 9.15. The summed E-state index contributed by atoms with van der Waals surface area (Å²) in [6, 6.07) is 1.77. The smallest absolute Gasteiger partial charge is 0.258 e. The normalized spacial score (nSPS) is 18.3. The molecule has 0 aromatic carbocycles. The van der Waals surface area contributed by atoms with Gasteiger partial charge in [0.05, 0.1) is 11.8 Å². The van der Waals surface area contributed by atoms with Crippen molar-refractivity contribution in [1.29, 1.82) is 0 Å². The number of aromatic nitrogens is 2. The van der Waals surface area contributed by atoms with Crippen molar-refractivity contribution >= 4 is 5.91 Å². The molecule has 0 bridgehead atoms. The predicted octanol–water partition coefficient (Wildman–Crippen LogP) is 0.767. The van der Waals surface area contributed by atoms with Gasteiger partial charge in [0, 0.05) is 19.2 Å². The number of nitrogens with one attached hydrogen (secondary N) is 1. The summed E-state index contributed by atoms with van der Waals surface area (Å²) in [5, 5.41) is 10.6. The molecular weight excluding hydrogens is 246 g/mol. The van der Waals surface area contributed by atoms with Gasteiger partial charge in [0.15, 0.2) is 6.61 Å². The van der Waals surface area contributed by atoms with Crippen molar-refractivity contribution in [3.8, 4) is 5.88 Å². The van der Waals surface area contributed by atoms with E-state index < -0.39 is 0 Å². The van der Waals surface area contributed by atoms with Crippen LogP contribution in [0.4, 0.5) is 0 Å². The average Bonchev–Trinajstić information content (AvgIpc) is 2.91. The molecule has 1 amide bonds. The van der Waals surface area contributed by atoms with Crippen LogP contribution in [0.15, 0.2) is 6.07 Å². The standard InChI is InChI=1S/C13H19N3O3/c1-9-6-13(16-15-10(9)2)19-8-12(17)14-7-11-4-3-5-18-11/h6,11H,3-5,7-8H2,1-2H3,(H,14,17)/t11-/m0/s1. The van der Waals surface area contributed by atoms with Crippen LogP contribution >= 0.6 is 0 Å². The number of hydrogen-bond donors (Lipinski definition) is 1. The van der Waals surface area contributed by atoms with E-state index in [9.17, 15) is 4.79 Å². The molecule has 1 saturated heterocycles. The number of aryl methyl sites for hydroxylation is 2. The lowest BCUT2D eigenvalue weighted by atomic mass is 10.2. The van der Waals surface area contributed by atoms with Gasteiger partial charge in [-0.2, -0.15) is 5.10 Å². The van der Waals surface area contributed by atoms with Crippen LogP contribution in [0.25, 0.3) is 0 Å². The number of carbonyl (C=O) groups is 1. The van der Waals surface area contributed by atoms with Crippen molar-refractivity contribution in [2.24, 2.45) is 0 Å². The van der Waals surface area contributed by atoms with Gasteiger partial charge in [-0.25, -0.2) is 0 Å². The molecule has 6 nitrogen and oxygen atoms in total. The minimum Gasteiger partial charge on any atom is -0.466 e. The first-order valence-electron chi connectivity index (χ1n) is 6.47. The molecule has 0 spiro atoms. The molecule has 0 radical (unpaired) electrons. The monoisotopic (exact) mass is 265 g/mol. The Kier molecular flexibility index (Phi) is 4.68. The van der Waals surface area contributed by atoms with E-state index in [4.69, 9.17) is 9.47 Å². The van der Waals surface area contributed by atoms with Gasteiger partial charge in [0.25, 0.3) is 5.91 Å². The fourth-order valence-corrected chi connectivity index (χ4v) is 1.82. The molecule has 19 heavy (non-hydrogen) atoms. The molecule has 1 aromatic heterocycles. The van der Waals surface area contributed by atoms with E-state index in [-0.39, 0.29) is 18.6 Å². The molecule has 104 valence electrons. The molecule has 0 unspecified atom stereocenters. The maximum atomic E-state index is 11.6. The highest BCUT2D eigenvalue weighted by atomic mass is 16.5. The highest BCUT2D eigenvalue weighted by molar-refractivity contribution is 5.77. The molecular formula is C13H19N3O3. The lowest BCUT2D eigenvalue weighted by molar-refractivity contribution is -0.123. The van der Waals surface area contributed by atoms with Crippen molar-refractivity contribution in [2.75, 3.05) is 19.8 Å². The molecule has 1 fully saturated rings. The minimum absolute atomic E-state index is 0.0517. The summed E-state index contributed by atoms with van der Waals surface area (Å²) in [6.45, 7) is 5.08. The van der Waals surface area contributed by atoms with Gasteiger partial charge >= 0.3 is 0 Å². The maximum Gasteiger partial charge on any atom is 0.258 e. The van der Waals surface area contributed by atoms with Gasteiger partial charge in [0.2, 0.25) is 5.88 Å². The Balaban J connectivity index is 1.71. The van der Waals surface area contributed by atoms with Gasteiger partial charge in [-0.3, -0.25) is 4.79 Å². The van der Waals surface area contributed by atoms with Crippen LogP contribution in [-0.4, -0.2) is 42.0 Å². The van der Waals surface area contributed by atoms with Crippen LogP contribution < -0.4 is 10.1 Å². The Hall–Kier alpha value is -1.69. The first kappa shape index (κ1) is 13.7. The van der Waals surface area contributed by atoms with Crippen LogP contribution in [0, 0.1) is 13.8 Å². The largest absolute Gasteiger partial charge is 0.466 e. The van der Waals surface area contributed by atoms with E-state index in [0.717, 1.165) is 30.7 Å². The minimum atomic E-state index is -0.171. The van der Waals surface area contributed by atoms with Crippen LogP contribution in [-0.2, 0) is 9.53 Å². The number of hydrogen-bond acceptors (Lipinski definition) is 5. The van der Waals surface area contributed by atoms with Crippen molar-refractivity contribution in [2.45, 2.75) is 32.8 Å². The molecule has 0 saturated carbocycles. The molecule has 1 atom stereocenters. The predicted molar refractivity (Wildman–Crippen MR) is 69.0 cm³/mol. The Morgan fingerprint density at radius 1 is 1.53 bits per heavy atom. The molecule has 6 heteroatoms. The third-order valence-corrected chi connectivity index (χ3v) is 3.11. The third-order valence-electron chi connectivity index (χ3n) is 3.11. The van der Waals surface area contributed by atoms with Gasteiger partial charge in [0.1, 0.15) is 0 Å². The van der Waals surface area contributed by atoms with E-state index in [1.165, 1.54) is 0 Å². The lowest BCUT2D eigenvalue weighted by Crippen LogP contribution is -2.35. The van der Waals surface area contributed by atoms with Crippen molar-refractivity contribution < 1.29 is 14.3 Å². The zero-order chi connectivity index (χ0) is 13.7. The molecule has 2 heterocycles. The van der Waals surface area contributed by atoms with Crippen molar-refractivity contribution in [3.05, 3.63) is 17.3 Å². The highest BCUT2D eigenvalue weighted by Gasteiger charge is 2.16. The van der Waals surface area contributed by atoms with Gasteiger partial charge in [-0.15, -0.1) is 5.10 Å². The highest BCUT2D eigenvalue weighted by Crippen LogP contribution is 2.11. The maximum absolute atomic E-state index is 11.6. The summed E-state index contributed by atoms with van der Waals surface area (Å²) in [5.74, 6) is 0.200.